The Bertz CT molecular complexity index is 322. The molecule has 0 N–H and O–H groups in total. The van der Waals surface area contributed by atoms with Gasteiger partial charge in [-0.1, -0.05) is 11.3 Å². The first-order valence-electron chi connectivity index (χ1n) is 3.35. The normalized spacial score (nSPS) is 17.5. The van der Waals surface area contributed by atoms with Gasteiger partial charge < -0.3 is 0 Å². The lowest BCUT2D eigenvalue weighted by molar-refractivity contribution is -0.121. The molecule has 0 saturated carbocycles. The summed E-state index contributed by atoms with van der Waals surface area (Å²) in [5.41, 5.74) is 1.53. The van der Waals surface area contributed by atoms with E-state index in [1.54, 1.807) is 0 Å². The lowest BCUT2D eigenvalue weighted by atomic mass is 10.3. The summed E-state index contributed by atoms with van der Waals surface area (Å²) in [6, 6.07) is 0. The maximum atomic E-state index is 11.1. The number of ketones is 1. The van der Waals surface area contributed by atoms with E-state index >= 15 is 0 Å². The minimum absolute atomic E-state index is 0.000417. The first-order chi connectivity index (χ1) is 5.77. The molecule has 0 spiro atoms. The van der Waals surface area contributed by atoms with Gasteiger partial charge in [-0.15, -0.1) is 10.2 Å². The molecule has 0 aliphatic carbocycles. The Balaban J connectivity index is 2.26. The van der Waals surface area contributed by atoms with Gasteiger partial charge in [0.15, 0.2) is 5.78 Å². The van der Waals surface area contributed by atoms with Crippen LogP contribution in [0.25, 0.3) is 0 Å². The molecule has 2 rings (SSSR count). The van der Waals surface area contributed by atoms with Crippen LogP contribution < -0.4 is 4.90 Å². The van der Waals surface area contributed by atoms with Crippen molar-refractivity contribution in [2.75, 3.05) is 11.4 Å². The third-order valence-electron chi connectivity index (χ3n) is 1.56. The Labute approximate surface area is 72.0 Å². The highest BCUT2D eigenvalue weighted by molar-refractivity contribution is 7.13. The SMILES string of the molecule is O=C1CC(=O)N(c2nncs2)C1. The average molecular weight is 183 g/mol. The van der Waals surface area contributed by atoms with Gasteiger partial charge in [-0.3, -0.25) is 14.5 Å². The maximum Gasteiger partial charge on any atom is 0.236 e. The highest BCUT2D eigenvalue weighted by Gasteiger charge is 2.30. The van der Waals surface area contributed by atoms with Crippen LogP contribution in [0.2, 0.25) is 0 Å². The predicted octanol–water partition coefficient (Wildman–Crippen LogP) is -0.156. The summed E-state index contributed by atoms with van der Waals surface area (Å²) >= 11 is 1.26. The summed E-state index contributed by atoms with van der Waals surface area (Å²) < 4.78 is 0. The van der Waals surface area contributed by atoms with E-state index in [4.69, 9.17) is 0 Å². The second kappa shape index (κ2) is 2.63. The topological polar surface area (TPSA) is 63.2 Å². The van der Waals surface area contributed by atoms with Crippen molar-refractivity contribution in [2.45, 2.75) is 6.42 Å². The summed E-state index contributed by atoms with van der Waals surface area (Å²) in [6.45, 7) is 0.147. The molecule has 1 saturated heterocycles. The summed E-state index contributed by atoms with van der Waals surface area (Å²) in [5.74, 6) is -0.244. The number of Topliss-reactive ketones (excluding diaryl/α,β-unsaturated/α-hetero) is 1. The van der Waals surface area contributed by atoms with Crippen molar-refractivity contribution in [1.29, 1.82) is 0 Å². The fourth-order valence-electron chi connectivity index (χ4n) is 1.04. The van der Waals surface area contributed by atoms with Crippen LogP contribution in [0.1, 0.15) is 6.42 Å². The molecular formula is C6H5N3O2S. The number of carbonyl (C=O) groups is 2. The summed E-state index contributed by atoms with van der Waals surface area (Å²) in [7, 11) is 0. The van der Waals surface area contributed by atoms with Crippen LogP contribution in [0.4, 0.5) is 5.13 Å². The highest BCUT2D eigenvalue weighted by atomic mass is 32.1. The van der Waals surface area contributed by atoms with Crippen LogP contribution in [0, 0.1) is 0 Å². The van der Waals surface area contributed by atoms with Crippen molar-refractivity contribution in [3.8, 4) is 0 Å². The van der Waals surface area contributed by atoms with Crippen molar-refractivity contribution >= 4 is 28.2 Å². The molecule has 62 valence electrons. The number of aromatic nitrogens is 2. The molecule has 2 heterocycles. The Kier molecular flexibility index (Phi) is 1.61. The first-order valence-corrected chi connectivity index (χ1v) is 4.23. The third kappa shape index (κ3) is 1.10. The van der Waals surface area contributed by atoms with Crippen molar-refractivity contribution in [3.63, 3.8) is 0 Å². The molecule has 6 heteroatoms. The second-order valence-electron chi connectivity index (χ2n) is 2.42. The monoisotopic (exact) mass is 183 g/mol. The van der Waals surface area contributed by atoms with E-state index in [0.29, 0.717) is 5.13 Å². The number of rotatable bonds is 1. The molecule has 1 aliphatic rings. The maximum absolute atomic E-state index is 11.1. The molecule has 0 aromatic carbocycles. The van der Waals surface area contributed by atoms with Gasteiger partial charge in [0, 0.05) is 0 Å². The minimum atomic E-state index is -0.184. The summed E-state index contributed by atoms with van der Waals surface area (Å²) in [4.78, 5) is 23.3. The molecule has 1 aromatic rings. The zero-order valence-corrected chi connectivity index (χ0v) is 6.87. The molecule has 0 bridgehead atoms. The van der Waals surface area contributed by atoms with Crippen molar-refractivity contribution in [3.05, 3.63) is 5.51 Å². The molecule has 5 nitrogen and oxygen atoms in total. The summed E-state index contributed by atoms with van der Waals surface area (Å²) in [6.07, 6.45) is -0.000417. The van der Waals surface area contributed by atoms with Crippen LogP contribution >= 0.6 is 11.3 Å². The van der Waals surface area contributed by atoms with Crippen LogP contribution in [-0.4, -0.2) is 28.4 Å². The molecule has 0 radical (unpaired) electrons. The van der Waals surface area contributed by atoms with Gasteiger partial charge in [-0.05, 0) is 0 Å². The van der Waals surface area contributed by atoms with Crippen LogP contribution in [0.5, 0.6) is 0 Å². The van der Waals surface area contributed by atoms with Crippen molar-refractivity contribution < 1.29 is 9.59 Å². The lowest BCUT2D eigenvalue weighted by Gasteiger charge is -2.07. The lowest BCUT2D eigenvalue weighted by Crippen LogP contribution is -2.24. The van der Waals surface area contributed by atoms with Gasteiger partial charge in [0.05, 0.1) is 13.0 Å². The van der Waals surface area contributed by atoms with Crippen LogP contribution in [0.3, 0.4) is 0 Å². The highest BCUT2D eigenvalue weighted by Crippen LogP contribution is 2.20. The molecule has 1 aliphatic heterocycles. The number of anilines is 1. The van der Waals surface area contributed by atoms with E-state index in [1.165, 1.54) is 21.7 Å². The number of nitrogens with zero attached hydrogens (tertiary/aromatic N) is 3. The van der Waals surface area contributed by atoms with E-state index in [-0.39, 0.29) is 24.7 Å². The van der Waals surface area contributed by atoms with Crippen molar-refractivity contribution in [1.82, 2.24) is 10.2 Å². The second-order valence-corrected chi connectivity index (χ2v) is 3.23. The van der Waals surface area contributed by atoms with Crippen molar-refractivity contribution in [2.24, 2.45) is 0 Å². The van der Waals surface area contributed by atoms with Gasteiger partial charge >= 0.3 is 0 Å². The van der Waals surface area contributed by atoms with E-state index in [9.17, 15) is 9.59 Å². The standard InChI is InChI=1S/C6H5N3O2S/c10-4-1-5(11)9(2-4)6-8-7-3-12-6/h3H,1-2H2. The van der Waals surface area contributed by atoms with E-state index in [0.717, 1.165) is 0 Å². The molecule has 1 aromatic heterocycles. The van der Waals surface area contributed by atoms with Crippen LogP contribution in [-0.2, 0) is 9.59 Å². The fourth-order valence-corrected chi connectivity index (χ4v) is 1.62. The zero-order chi connectivity index (χ0) is 8.55. The minimum Gasteiger partial charge on any atom is -0.297 e. The molecular weight excluding hydrogens is 178 g/mol. The van der Waals surface area contributed by atoms with Gasteiger partial charge in [-0.2, -0.15) is 0 Å². The number of hydrogen-bond acceptors (Lipinski definition) is 5. The number of hydrogen-bond donors (Lipinski definition) is 0. The average Bonchev–Trinajstić information content (AvgIpc) is 2.58. The Morgan fingerprint density at radius 3 is 2.83 bits per heavy atom. The number of amides is 1. The van der Waals surface area contributed by atoms with Crippen LogP contribution in [0.15, 0.2) is 5.51 Å². The molecule has 1 amide bonds. The molecule has 12 heavy (non-hydrogen) atoms. The molecule has 1 fully saturated rings. The largest absolute Gasteiger partial charge is 0.297 e. The van der Waals surface area contributed by atoms with E-state index in [2.05, 4.69) is 10.2 Å². The predicted molar refractivity (Wildman–Crippen MR) is 41.9 cm³/mol. The van der Waals surface area contributed by atoms with E-state index in [1.807, 2.05) is 0 Å². The third-order valence-corrected chi connectivity index (χ3v) is 2.28. The quantitative estimate of drug-likeness (QED) is 0.568. The molecule has 0 atom stereocenters. The van der Waals surface area contributed by atoms with Gasteiger partial charge in [0.1, 0.15) is 5.51 Å². The van der Waals surface area contributed by atoms with Gasteiger partial charge in [0.25, 0.3) is 0 Å². The Morgan fingerprint density at radius 2 is 2.33 bits per heavy atom. The fraction of sp³-hybridized carbons (Fsp3) is 0.333. The molecule has 0 unspecified atom stereocenters. The van der Waals surface area contributed by atoms with Gasteiger partial charge in [0.2, 0.25) is 11.0 Å². The van der Waals surface area contributed by atoms with E-state index < -0.39 is 0 Å². The first kappa shape index (κ1) is 7.35. The smallest absolute Gasteiger partial charge is 0.236 e. The summed E-state index contributed by atoms with van der Waals surface area (Å²) in [5, 5.41) is 7.80. The Hall–Kier alpha value is -1.30. The van der Waals surface area contributed by atoms with Gasteiger partial charge in [-0.25, -0.2) is 0 Å². The number of carbonyl (C=O) groups excluding carboxylic acids is 2. The zero-order valence-electron chi connectivity index (χ0n) is 6.06. The Morgan fingerprint density at radius 1 is 1.50 bits per heavy atom.